The Balaban J connectivity index is 2.10. The normalized spacial score (nSPS) is 19.7. The largest absolute Gasteiger partial charge is 0.407 e. The van der Waals surface area contributed by atoms with Crippen molar-refractivity contribution in [3.63, 3.8) is 0 Å². The lowest BCUT2D eigenvalue weighted by molar-refractivity contribution is -0.137. The number of hydrogen-bond donors (Lipinski definition) is 2. The van der Waals surface area contributed by atoms with E-state index in [9.17, 15) is 27.9 Å². The zero-order valence-corrected chi connectivity index (χ0v) is 13.6. The Morgan fingerprint density at radius 1 is 1.15 bits per heavy atom. The number of aliphatic hydroxyl groups excluding tert-OH is 1. The molecule has 1 aliphatic heterocycles. The highest BCUT2D eigenvalue weighted by Crippen LogP contribution is 2.40. The van der Waals surface area contributed by atoms with Crippen molar-refractivity contribution in [2.24, 2.45) is 0 Å². The van der Waals surface area contributed by atoms with E-state index < -0.39 is 41.5 Å². The Bertz CT molecular complexity index is 954. The topological polar surface area (TPSA) is 74.0 Å². The van der Waals surface area contributed by atoms with Crippen LogP contribution in [0.2, 0.25) is 0 Å². The van der Waals surface area contributed by atoms with E-state index in [0.717, 1.165) is 12.1 Å². The number of benzene rings is 2. The smallest absolute Gasteiger partial charge is 0.393 e. The molecule has 6 nitrogen and oxygen atoms in total. The van der Waals surface area contributed by atoms with Gasteiger partial charge in [0.05, 0.1) is 24.4 Å². The van der Waals surface area contributed by atoms with E-state index >= 15 is 0 Å². The van der Waals surface area contributed by atoms with Crippen molar-refractivity contribution in [1.29, 1.82) is 0 Å². The van der Waals surface area contributed by atoms with E-state index in [2.05, 4.69) is 10.2 Å². The summed E-state index contributed by atoms with van der Waals surface area (Å²) in [4.78, 5) is 28.7. The Labute approximate surface area is 151 Å². The highest BCUT2D eigenvalue weighted by molar-refractivity contribution is 6.23. The number of carbonyl (C=O) groups is 2. The van der Waals surface area contributed by atoms with Crippen molar-refractivity contribution in [2.45, 2.75) is 11.7 Å². The SMILES string of the molecule is [C-]#[N+]c1ccc(N2C(=O)N[C@](CO)(c3ccccc3)C2=O)cc1C(F)(F)F. The fourth-order valence-corrected chi connectivity index (χ4v) is 2.91. The molecule has 0 unspecified atom stereocenters. The Kier molecular flexibility index (Phi) is 4.37. The second-order valence-corrected chi connectivity index (χ2v) is 5.81. The number of nitrogens with one attached hydrogen (secondary N) is 1. The second-order valence-electron chi connectivity index (χ2n) is 5.81. The molecule has 1 aliphatic rings. The van der Waals surface area contributed by atoms with Gasteiger partial charge in [0, 0.05) is 0 Å². The lowest BCUT2D eigenvalue weighted by Crippen LogP contribution is -2.47. The number of rotatable bonds is 3. The molecule has 3 amide bonds. The summed E-state index contributed by atoms with van der Waals surface area (Å²) in [5.74, 6) is -0.912. The van der Waals surface area contributed by atoms with E-state index in [4.69, 9.17) is 6.57 Å². The predicted molar refractivity (Wildman–Crippen MR) is 88.9 cm³/mol. The summed E-state index contributed by atoms with van der Waals surface area (Å²) in [6, 6.07) is 9.48. The third-order valence-corrected chi connectivity index (χ3v) is 4.26. The van der Waals surface area contributed by atoms with Gasteiger partial charge in [0.2, 0.25) is 0 Å². The van der Waals surface area contributed by atoms with Crippen LogP contribution in [-0.4, -0.2) is 23.7 Å². The van der Waals surface area contributed by atoms with Gasteiger partial charge >= 0.3 is 12.2 Å². The summed E-state index contributed by atoms with van der Waals surface area (Å²) in [6.45, 7) is 6.09. The first kappa shape index (κ1) is 18.4. The lowest BCUT2D eigenvalue weighted by atomic mass is 9.90. The van der Waals surface area contributed by atoms with Crippen LogP contribution in [0.4, 0.5) is 29.3 Å². The predicted octanol–water partition coefficient (Wildman–Crippen LogP) is 3.20. The summed E-state index contributed by atoms with van der Waals surface area (Å²) in [6.07, 6.45) is -4.83. The number of aliphatic hydroxyl groups is 1. The molecule has 2 aromatic rings. The number of hydrogen-bond acceptors (Lipinski definition) is 3. The Morgan fingerprint density at radius 2 is 1.81 bits per heavy atom. The summed E-state index contributed by atoms with van der Waals surface area (Å²) in [5.41, 5.74) is -3.74. The zero-order valence-electron chi connectivity index (χ0n) is 13.6. The Hall–Kier alpha value is -3.38. The summed E-state index contributed by atoms with van der Waals surface area (Å²) >= 11 is 0. The molecule has 1 atom stereocenters. The van der Waals surface area contributed by atoms with Crippen molar-refractivity contribution in [2.75, 3.05) is 11.5 Å². The van der Waals surface area contributed by atoms with E-state index in [1.165, 1.54) is 12.1 Å². The molecule has 1 fully saturated rings. The van der Waals surface area contributed by atoms with Gasteiger partial charge in [-0.2, -0.15) is 13.2 Å². The maximum Gasteiger partial charge on any atom is 0.407 e. The zero-order chi connectivity index (χ0) is 19.8. The number of carbonyl (C=O) groups excluding carboxylic acids is 2. The molecule has 0 saturated carbocycles. The first-order valence-corrected chi connectivity index (χ1v) is 7.66. The average molecular weight is 375 g/mol. The standard InChI is InChI=1S/C18H12F3N3O3/c1-22-14-8-7-12(9-13(14)18(19,20)21)24-15(26)17(10-25,23-16(24)27)11-5-3-2-4-6-11/h2-9,25H,10H2,(H,23,27)/t17-/m1/s1. The molecule has 0 aromatic heterocycles. The number of halogens is 3. The van der Waals surface area contributed by atoms with Crippen molar-refractivity contribution >= 4 is 23.3 Å². The number of anilines is 1. The second kappa shape index (κ2) is 6.41. The van der Waals surface area contributed by atoms with Gasteiger partial charge in [-0.3, -0.25) is 4.79 Å². The van der Waals surface area contributed by atoms with Crippen LogP contribution in [0, 0.1) is 6.57 Å². The summed E-state index contributed by atoms with van der Waals surface area (Å²) < 4.78 is 39.6. The maximum absolute atomic E-state index is 13.2. The van der Waals surface area contributed by atoms with E-state index in [-0.39, 0.29) is 5.69 Å². The number of alkyl halides is 3. The van der Waals surface area contributed by atoms with Gasteiger partial charge in [0.1, 0.15) is 0 Å². The molecule has 0 spiro atoms. The maximum atomic E-state index is 13.2. The molecule has 0 bridgehead atoms. The molecule has 9 heteroatoms. The first-order chi connectivity index (χ1) is 12.7. The van der Waals surface area contributed by atoms with Crippen LogP contribution in [0.25, 0.3) is 4.85 Å². The molecular formula is C18H12F3N3O3. The highest BCUT2D eigenvalue weighted by Gasteiger charge is 2.53. The van der Waals surface area contributed by atoms with Crippen molar-refractivity contribution in [3.8, 4) is 0 Å². The number of urea groups is 1. The summed E-state index contributed by atoms with van der Waals surface area (Å²) in [7, 11) is 0. The minimum Gasteiger partial charge on any atom is -0.393 e. The van der Waals surface area contributed by atoms with E-state index in [1.807, 2.05) is 0 Å². The van der Waals surface area contributed by atoms with Crippen LogP contribution in [0.3, 0.4) is 0 Å². The lowest BCUT2D eigenvalue weighted by Gasteiger charge is -2.25. The van der Waals surface area contributed by atoms with Crippen LogP contribution >= 0.6 is 0 Å². The van der Waals surface area contributed by atoms with Gasteiger partial charge in [-0.25, -0.2) is 14.5 Å². The van der Waals surface area contributed by atoms with Crippen LogP contribution in [0.5, 0.6) is 0 Å². The van der Waals surface area contributed by atoms with E-state index in [1.54, 1.807) is 18.2 Å². The molecule has 138 valence electrons. The van der Waals surface area contributed by atoms with Crippen molar-refractivity contribution < 1.29 is 27.9 Å². The monoisotopic (exact) mass is 375 g/mol. The van der Waals surface area contributed by atoms with Crippen LogP contribution in [0.1, 0.15) is 11.1 Å². The fraction of sp³-hybridized carbons (Fsp3) is 0.167. The van der Waals surface area contributed by atoms with Gasteiger partial charge in [-0.15, -0.1) is 0 Å². The molecular weight excluding hydrogens is 363 g/mol. The van der Waals surface area contributed by atoms with Gasteiger partial charge in [0.25, 0.3) is 5.91 Å². The fourth-order valence-electron chi connectivity index (χ4n) is 2.91. The average Bonchev–Trinajstić information content (AvgIpc) is 2.92. The molecule has 1 saturated heterocycles. The molecule has 27 heavy (non-hydrogen) atoms. The molecule has 0 radical (unpaired) electrons. The molecule has 2 N–H and O–H groups in total. The van der Waals surface area contributed by atoms with Gasteiger partial charge < -0.3 is 10.4 Å². The minimum absolute atomic E-state index is 0.294. The van der Waals surface area contributed by atoms with Crippen molar-refractivity contribution in [3.05, 3.63) is 71.1 Å². The number of imide groups is 1. The summed E-state index contributed by atoms with van der Waals surface area (Å²) in [5, 5.41) is 12.2. The Morgan fingerprint density at radius 3 is 2.37 bits per heavy atom. The first-order valence-electron chi connectivity index (χ1n) is 7.66. The van der Waals surface area contributed by atoms with Crippen LogP contribution in [0.15, 0.2) is 48.5 Å². The van der Waals surface area contributed by atoms with Gasteiger partial charge in [-0.1, -0.05) is 36.4 Å². The van der Waals surface area contributed by atoms with E-state index in [0.29, 0.717) is 16.5 Å². The quantitative estimate of drug-likeness (QED) is 0.639. The minimum atomic E-state index is -4.83. The van der Waals surface area contributed by atoms with Gasteiger partial charge in [-0.05, 0) is 17.7 Å². The number of amides is 3. The molecule has 1 heterocycles. The van der Waals surface area contributed by atoms with Gasteiger partial charge in [0.15, 0.2) is 11.2 Å². The number of nitrogens with zero attached hydrogens (tertiary/aromatic N) is 2. The van der Waals surface area contributed by atoms with Crippen molar-refractivity contribution in [1.82, 2.24) is 5.32 Å². The van der Waals surface area contributed by atoms with Crippen LogP contribution < -0.4 is 10.2 Å². The molecule has 2 aromatic carbocycles. The third-order valence-electron chi connectivity index (χ3n) is 4.26. The molecule has 3 rings (SSSR count). The third kappa shape index (κ3) is 2.90. The molecule has 0 aliphatic carbocycles. The van der Waals surface area contributed by atoms with Crippen LogP contribution in [-0.2, 0) is 16.5 Å². The highest BCUT2D eigenvalue weighted by atomic mass is 19.4.